The van der Waals surface area contributed by atoms with Crippen LogP contribution in [-0.4, -0.2) is 25.7 Å². The molecule has 0 aliphatic carbocycles. The molecule has 0 bridgehead atoms. The summed E-state index contributed by atoms with van der Waals surface area (Å²) in [6.07, 6.45) is 0.138. The van der Waals surface area contributed by atoms with E-state index in [1.54, 1.807) is 12.1 Å². The molecule has 1 aliphatic rings. The Labute approximate surface area is 154 Å². The number of para-hydroxylation sites is 1. The molecule has 1 atom stereocenters. The lowest BCUT2D eigenvalue weighted by atomic mass is 9.94. The largest absolute Gasteiger partial charge is 0.453 e. The number of carbonyl (C=O) groups excluding carboxylic acids is 2. The van der Waals surface area contributed by atoms with Crippen molar-refractivity contribution in [3.05, 3.63) is 58.4 Å². The summed E-state index contributed by atoms with van der Waals surface area (Å²) in [6, 6.07) is 8.97. The maximum atomic E-state index is 13.3. The normalized spacial score (nSPS) is 15.4. The number of carbonyl (C=O) groups is 2. The third-order valence-electron chi connectivity index (χ3n) is 4.11. The van der Waals surface area contributed by atoms with Crippen molar-refractivity contribution in [3.63, 3.8) is 0 Å². The van der Waals surface area contributed by atoms with Crippen LogP contribution < -0.4 is 16.0 Å². The van der Waals surface area contributed by atoms with Crippen LogP contribution in [0.4, 0.5) is 20.6 Å². The number of fused-ring (bicyclic) bond motifs is 1. The van der Waals surface area contributed by atoms with Gasteiger partial charge in [-0.05, 0) is 36.2 Å². The Bertz CT molecular complexity index is 860. The molecule has 0 saturated carbocycles. The van der Waals surface area contributed by atoms with Gasteiger partial charge in [-0.25, -0.2) is 9.18 Å². The smallest absolute Gasteiger partial charge is 0.407 e. The van der Waals surface area contributed by atoms with Crippen LogP contribution in [0.25, 0.3) is 0 Å². The summed E-state index contributed by atoms with van der Waals surface area (Å²) in [5.74, 6) is -0.920. The Balaban J connectivity index is 1.86. The molecule has 0 spiro atoms. The van der Waals surface area contributed by atoms with Gasteiger partial charge in [0, 0.05) is 12.2 Å². The number of hydrogen-bond acceptors (Lipinski definition) is 4. The zero-order chi connectivity index (χ0) is 18.7. The number of anilines is 2. The number of methoxy groups -OCH3 is 1. The summed E-state index contributed by atoms with van der Waals surface area (Å²) >= 11 is 5.75. The number of halogens is 2. The number of amides is 2. The summed E-state index contributed by atoms with van der Waals surface area (Å²) in [4.78, 5) is 24.2. The summed E-state index contributed by atoms with van der Waals surface area (Å²) in [5, 5.41) is 8.59. The molecular formula is C18H17ClFN3O3. The van der Waals surface area contributed by atoms with Gasteiger partial charge in [0.1, 0.15) is 5.82 Å². The molecule has 26 heavy (non-hydrogen) atoms. The zero-order valence-corrected chi connectivity index (χ0v) is 14.7. The summed E-state index contributed by atoms with van der Waals surface area (Å²) in [5.41, 5.74) is 2.25. The number of alkyl carbamates (subject to hydrolysis) is 1. The maximum Gasteiger partial charge on any atom is 0.407 e. The molecule has 0 aromatic heterocycles. The highest BCUT2D eigenvalue weighted by molar-refractivity contribution is 6.31. The first kappa shape index (κ1) is 18.0. The summed E-state index contributed by atoms with van der Waals surface area (Å²) in [7, 11) is 1.30. The van der Waals surface area contributed by atoms with E-state index in [1.165, 1.54) is 25.3 Å². The van der Waals surface area contributed by atoms with Crippen molar-refractivity contribution in [1.29, 1.82) is 0 Å². The van der Waals surface area contributed by atoms with E-state index in [9.17, 15) is 14.0 Å². The SMILES string of the molecule is COC(=O)NC1CCNc2c(C(=O)Nc3ccc(F)c(Cl)c3)cccc21. The van der Waals surface area contributed by atoms with Crippen molar-refractivity contribution in [2.24, 2.45) is 0 Å². The average molecular weight is 378 g/mol. The van der Waals surface area contributed by atoms with Crippen LogP contribution in [0.5, 0.6) is 0 Å². The molecule has 0 radical (unpaired) electrons. The first-order chi connectivity index (χ1) is 12.5. The van der Waals surface area contributed by atoms with E-state index >= 15 is 0 Å². The highest BCUT2D eigenvalue weighted by Crippen LogP contribution is 2.33. The molecule has 136 valence electrons. The van der Waals surface area contributed by atoms with Crippen LogP contribution in [-0.2, 0) is 4.74 Å². The van der Waals surface area contributed by atoms with Crippen molar-refractivity contribution >= 4 is 35.0 Å². The Morgan fingerprint density at radius 2 is 2.12 bits per heavy atom. The van der Waals surface area contributed by atoms with Gasteiger partial charge in [0.25, 0.3) is 5.91 Å². The summed E-state index contributed by atoms with van der Waals surface area (Å²) in [6.45, 7) is 0.592. The minimum Gasteiger partial charge on any atom is -0.453 e. The molecule has 3 N–H and O–H groups in total. The first-order valence-electron chi connectivity index (χ1n) is 7.97. The molecule has 2 aromatic rings. The quantitative estimate of drug-likeness (QED) is 0.756. The monoisotopic (exact) mass is 377 g/mol. The Morgan fingerprint density at radius 1 is 1.31 bits per heavy atom. The Kier molecular flexibility index (Phi) is 5.27. The second-order valence-electron chi connectivity index (χ2n) is 5.76. The lowest BCUT2D eigenvalue weighted by Crippen LogP contribution is -2.33. The Hall–Kier alpha value is -2.80. The van der Waals surface area contributed by atoms with Gasteiger partial charge in [0.2, 0.25) is 0 Å². The lowest BCUT2D eigenvalue weighted by molar-refractivity contribution is 0.102. The van der Waals surface area contributed by atoms with Gasteiger partial charge in [-0.2, -0.15) is 0 Å². The fraction of sp³-hybridized carbons (Fsp3) is 0.222. The topological polar surface area (TPSA) is 79.5 Å². The van der Waals surface area contributed by atoms with Crippen LogP contribution in [0, 0.1) is 5.82 Å². The second kappa shape index (κ2) is 7.61. The van der Waals surface area contributed by atoms with Crippen molar-refractivity contribution in [3.8, 4) is 0 Å². The van der Waals surface area contributed by atoms with Crippen LogP contribution in [0.15, 0.2) is 36.4 Å². The van der Waals surface area contributed by atoms with Gasteiger partial charge >= 0.3 is 6.09 Å². The number of hydrogen-bond donors (Lipinski definition) is 3. The molecule has 1 heterocycles. The molecule has 6 nitrogen and oxygen atoms in total. The van der Waals surface area contributed by atoms with Crippen molar-refractivity contribution in [2.45, 2.75) is 12.5 Å². The fourth-order valence-electron chi connectivity index (χ4n) is 2.87. The van der Waals surface area contributed by atoms with Crippen molar-refractivity contribution < 1.29 is 18.7 Å². The molecule has 2 aromatic carbocycles. The number of benzene rings is 2. The molecule has 2 amide bonds. The van der Waals surface area contributed by atoms with E-state index in [2.05, 4.69) is 20.7 Å². The molecule has 8 heteroatoms. The van der Waals surface area contributed by atoms with E-state index in [1.807, 2.05) is 6.07 Å². The fourth-order valence-corrected chi connectivity index (χ4v) is 3.05. The van der Waals surface area contributed by atoms with Gasteiger partial charge < -0.3 is 20.7 Å². The molecule has 3 rings (SSSR count). The molecule has 0 saturated heterocycles. The van der Waals surface area contributed by atoms with Crippen LogP contribution in [0.2, 0.25) is 5.02 Å². The second-order valence-corrected chi connectivity index (χ2v) is 6.16. The molecule has 1 unspecified atom stereocenters. The molecular weight excluding hydrogens is 361 g/mol. The lowest BCUT2D eigenvalue weighted by Gasteiger charge is -2.28. The minimum atomic E-state index is -0.555. The molecule has 0 fully saturated rings. The predicted molar refractivity (Wildman–Crippen MR) is 97.2 cm³/mol. The highest BCUT2D eigenvalue weighted by Gasteiger charge is 2.25. The summed E-state index contributed by atoms with van der Waals surface area (Å²) < 4.78 is 17.9. The third-order valence-corrected chi connectivity index (χ3v) is 4.40. The van der Waals surface area contributed by atoms with E-state index in [0.29, 0.717) is 29.9 Å². The Morgan fingerprint density at radius 3 is 2.85 bits per heavy atom. The van der Waals surface area contributed by atoms with Gasteiger partial charge in [-0.15, -0.1) is 0 Å². The van der Waals surface area contributed by atoms with E-state index in [4.69, 9.17) is 11.6 Å². The maximum absolute atomic E-state index is 13.3. The van der Waals surface area contributed by atoms with Gasteiger partial charge in [0.05, 0.1) is 29.4 Å². The van der Waals surface area contributed by atoms with Crippen molar-refractivity contribution in [2.75, 3.05) is 24.3 Å². The van der Waals surface area contributed by atoms with Crippen LogP contribution in [0.3, 0.4) is 0 Å². The molecule has 1 aliphatic heterocycles. The van der Waals surface area contributed by atoms with Crippen LogP contribution >= 0.6 is 11.6 Å². The number of rotatable bonds is 3. The van der Waals surface area contributed by atoms with Crippen molar-refractivity contribution in [1.82, 2.24) is 5.32 Å². The van der Waals surface area contributed by atoms with Gasteiger partial charge in [0.15, 0.2) is 0 Å². The van der Waals surface area contributed by atoms with Gasteiger partial charge in [-0.3, -0.25) is 4.79 Å². The average Bonchev–Trinajstić information content (AvgIpc) is 2.64. The number of ether oxygens (including phenoxy) is 1. The highest BCUT2D eigenvalue weighted by atomic mass is 35.5. The van der Waals surface area contributed by atoms with E-state index in [-0.39, 0.29) is 17.0 Å². The van der Waals surface area contributed by atoms with Gasteiger partial charge in [-0.1, -0.05) is 23.7 Å². The van der Waals surface area contributed by atoms with Crippen LogP contribution in [0.1, 0.15) is 28.4 Å². The number of nitrogens with one attached hydrogen (secondary N) is 3. The predicted octanol–water partition coefficient (Wildman–Crippen LogP) is 3.94. The standard InChI is InChI=1S/C18H17ClFN3O3/c1-26-18(25)23-15-7-8-21-16-11(15)3-2-4-12(16)17(24)22-10-5-6-14(20)13(19)9-10/h2-6,9,15,21H,7-8H2,1H3,(H,22,24)(H,23,25). The first-order valence-corrected chi connectivity index (χ1v) is 8.35. The van der Waals surface area contributed by atoms with E-state index < -0.39 is 11.9 Å². The third kappa shape index (κ3) is 3.72. The zero-order valence-electron chi connectivity index (χ0n) is 13.9. The van der Waals surface area contributed by atoms with E-state index in [0.717, 1.165) is 5.56 Å². The minimum absolute atomic E-state index is 0.0710.